The number of benzene rings is 1. The van der Waals surface area contributed by atoms with E-state index in [0.717, 1.165) is 92.1 Å². The zero-order valence-corrected chi connectivity index (χ0v) is 30.8. The molecule has 8 aliphatic heterocycles. The highest BCUT2D eigenvalue weighted by molar-refractivity contribution is 5.99. The fourth-order valence-electron chi connectivity index (χ4n) is 13.5. The van der Waals surface area contributed by atoms with Crippen LogP contribution in [0.4, 0.5) is 0 Å². The Morgan fingerprint density at radius 3 is 2.52 bits per heavy atom. The van der Waals surface area contributed by atoms with Crippen molar-refractivity contribution in [1.29, 1.82) is 0 Å². The van der Waals surface area contributed by atoms with E-state index in [2.05, 4.69) is 60.9 Å². The molecule has 10 atom stereocenters. The van der Waals surface area contributed by atoms with Gasteiger partial charge in [-0.3, -0.25) is 14.6 Å². The molecule has 50 heavy (non-hydrogen) atoms. The molecule has 0 amide bonds. The lowest BCUT2D eigenvalue weighted by molar-refractivity contribution is -0.271. The van der Waals surface area contributed by atoms with E-state index in [0.29, 0.717) is 30.5 Å². The molecule has 1 aromatic rings. The van der Waals surface area contributed by atoms with Crippen molar-refractivity contribution in [2.45, 2.75) is 122 Å². The van der Waals surface area contributed by atoms with Crippen molar-refractivity contribution >= 4 is 11.9 Å². The predicted octanol–water partition coefficient (Wildman–Crippen LogP) is 7.14. The average Bonchev–Trinajstić information content (AvgIpc) is 3.55. The van der Waals surface area contributed by atoms with Crippen LogP contribution in [0.3, 0.4) is 0 Å². The van der Waals surface area contributed by atoms with Gasteiger partial charge in [-0.15, -0.1) is 0 Å². The lowest BCUT2D eigenvalue weighted by Gasteiger charge is -2.69. The van der Waals surface area contributed by atoms with Gasteiger partial charge in [-0.05, 0) is 112 Å². The molecule has 12 rings (SSSR count). The number of nitrogens with two attached hydrogens (primary N) is 1. The van der Waals surface area contributed by atoms with Crippen LogP contribution in [0.25, 0.3) is 0 Å². The number of piperidine rings is 2. The minimum atomic E-state index is -0.914. The van der Waals surface area contributed by atoms with Crippen molar-refractivity contribution in [3.8, 4) is 0 Å². The van der Waals surface area contributed by atoms with Crippen LogP contribution >= 0.6 is 0 Å². The van der Waals surface area contributed by atoms with Gasteiger partial charge in [0.2, 0.25) is 0 Å². The molecule has 270 valence electrons. The van der Waals surface area contributed by atoms with E-state index in [4.69, 9.17) is 15.2 Å². The van der Waals surface area contributed by atoms with Crippen LogP contribution < -0.4 is 5.73 Å². The molecule has 7 heteroatoms. The highest BCUT2D eigenvalue weighted by atomic mass is 16.6. The first-order valence-corrected chi connectivity index (χ1v) is 20.5. The Hall–Kier alpha value is -2.48. The van der Waals surface area contributed by atoms with Gasteiger partial charge in [-0.25, -0.2) is 4.79 Å². The second-order valence-electron chi connectivity index (χ2n) is 17.8. The summed E-state index contributed by atoms with van der Waals surface area (Å²) in [6, 6.07) is 7.28. The Balaban J connectivity index is 1.26. The molecule has 0 radical (unpaired) electrons. The minimum absolute atomic E-state index is 0.101. The summed E-state index contributed by atoms with van der Waals surface area (Å²) in [5.41, 5.74) is 7.72. The highest BCUT2D eigenvalue weighted by Crippen LogP contribution is 2.84. The van der Waals surface area contributed by atoms with E-state index in [9.17, 15) is 9.59 Å². The topological polar surface area (TPSA) is 85.1 Å². The largest absolute Gasteiger partial charge is 0.449 e. The summed E-state index contributed by atoms with van der Waals surface area (Å²) >= 11 is 0. The normalized spacial score (nSPS) is 44.0. The van der Waals surface area contributed by atoms with Crippen LogP contribution in [0.2, 0.25) is 0 Å². The van der Waals surface area contributed by atoms with Crippen LogP contribution in [0, 0.1) is 40.4 Å². The lowest BCUT2D eigenvalue weighted by Crippen LogP contribution is -2.75. The molecule has 1 aromatic carbocycles. The first-order chi connectivity index (χ1) is 24.3. The smallest absolute Gasteiger partial charge is 0.339 e. The van der Waals surface area contributed by atoms with Crippen molar-refractivity contribution in [2.75, 3.05) is 32.7 Å². The number of ether oxygens (including phenoxy) is 2. The molecule has 3 saturated heterocycles. The Bertz CT molecular complexity index is 1600. The first kappa shape index (κ1) is 33.4. The standard InChI is InChI=1S/C43H59N3O4/c1-4-8-32-14-16-37-42-18-17-31(33-20-27(3)13-15-35(33)46-25-28-21-29(26-46)24-45(32)23-28)22-41(42,40(48)49-37)36(9-5-2)43(42)34-12-6-10-30(11-7-19-44)38(34)39(47)50-43/h6,10,12,16,22,27-29,32-33,35-36H,4-5,7-9,11,13-15,17-21,23-26,44H2,1-3H3/t27-,28-,29-,32-,33-,35?,36-,41-,42+,43-/m0/s1. The SMILES string of the molecule is CCC[C@H]1CC=C2OC(=O)[C@@]34C=C(CC[C@@]23[C@@]2(OC(=O)c3c(CCCN)cccc32)[C@H]4CCC)[C@@H]2C[C@@H](C)CCC2N2C[C@H]3C[C@H](C2)CN1C3. The van der Waals surface area contributed by atoms with Gasteiger partial charge in [0.15, 0.2) is 5.60 Å². The Morgan fingerprint density at radius 2 is 1.76 bits per heavy atom. The molecule has 2 saturated carbocycles. The summed E-state index contributed by atoms with van der Waals surface area (Å²) < 4.78 is 13.6. The fourth-order valence-corrected chi connectivity index (χ4v) is 13.5. The van der Waals surface area contributed by atoms with E-state index in [1.807, 2.05) is 0 Å². The molecule has 5 fully saturated rings. The number of esters is 2. The molecule has 0 aromatic heterocycles. The number of carbonyl (C=O) groups is 2. The van der Waals surface area contributed by atoms with E-state index in [-0.39, 0.29) is 17.9 Å². The Morgan fingerprint density at radius 1 is 0.980 bits per heavy atom. The Kier molecular flexibility index (Phi) is 8.21. The third-order valence-electron chi connectivity index (χ3n) is 15.2. The summed E-state index contributed by atoms with van der Waals surface area (Å²) in [6.07, 6.45) is 18.0. The van der Waals surface area contributed by atoms with Crippen molar-refractivity contribution < 1.29 is 19.1 Å². The third kappa shape index (κ3) is 4.38. The quantitative estimate of drug-likeness (QED) is 0.242. The number of rotatable bonds is 7. The molecule has 2 N–H and O–H groups in total. The van der Waals surface area contributed by atoms with Gasteiger partial charge in [0, 0.05) is 49.7 Å². The second kappa shape index (κ2) is 12.3. The maximum atomic E-state index is 14.9. The molecule has 7 nitrogen and oxygen atoms in total. The van der Waals surface area contributed by atoms with Gasteiger partial charge in [0.25, 0.3) is 0 Å². The summed E-state index contributed by atoms with van der Waals surface area (Å²) in [6.45, 7) is 12.3. The van der Waals surface area contributed by atoms with Gasteiger partial charge in [-0.2, -0.15) is 0 Å². The molecule has 3 aliphatic carbocycles. The monoisotopic (exact) mass is 681 g/mol. The van der Waals surface area contributed by atoms with Crippen molar-refractivity contribution in [2.24, 2.45) is 46.2 Å². The number of fused-ring (bicyclic) bond motifs is 2. The number of aryl methyl sites for hydroxylation is 1. The van der Waals surface area contributed by atoms with E-state index >= 15 is 0 Å². The zero-order chi connectivity index (χ0) is 34.4. The van der Waals surface area contributed by atoms with E-state index < -0.39 is 16.4 Å². The van der Waals surface area contributed by atoms with Crippen LogP contribution in [-0.4, -0.2) is 66.5 Å². The Labute approximate surface area is 299 Å². The van der Waals surface area contributed by atoms with Crippen LogP contribution in [-0.2, 0) is 26.3 Å². The van der Waals surface area contributed by atoms with Crippen molar-refractivity contribution in [3.05, 3.63) is 58.4 Å². The van der Waals surface area contributed by atoms with Crippen molar-refractivity contribution in [3.63, 3.8) is 0 Å². The molecule has 8 heterocycles. The van der Waals surface area contributed by atoms with Crippen LogP contribution in [0.5, 0.6) is 0 Å². The van der Waals surface area contributed by atoms with Gasteiger partial charge < -0.3 is 15.2 Å². The minimum Gasteiger partial charge on any atom is -0.449 e. The molecule has 2 spiro atoms. The predicted molar refractivity (Wildman–Crippen MR) is 194 cm³/mol. The van der Waals surface area contributed by atoms with Gasteiger partial charge in [-0.1, -0.05) is 63.5 Å². The van der Waals surface area contributed by atoms with Gasteiger partial charge in [0.1, 0.15) is 11.2 Å². The molecular formula is C43H59N3O4. The fraction of sp³-hybridized carbons (Fsp3) is 0.721. The third-order valence-corrected chi connectivity index (χ3v) is 15.2. The molecule has 11 aliphatic rings. The van der Waals surface area contributed by atoms with Crippen LogP contribution in [0.1, 0.15) is 119 Å². The maximum Gasteiger partial charge on any atom is 0.339 e. The van der Waals surface area contributed by atoms with Gasteiger partial charge >= 0.3 is 11.9 Å². The molecule has 8 bridgehead atoms. The number of hydrogen-bond donors (Lipinski definition) is 1. The van der Waals surface area contributed by atoms with Gasteiger partial charge in [0.05, 0.1) is 11.0 Å². The number of hydrogen-bond acceptors (Lipinski definition) is 7. The molecule has 1 unspecified atom stereocenters. The summed E-state index contributed by atoms with van der Waals surface area (Å²) in [5, 5.41) is 0. The van der Waals surface area contributed by atoms with Crippen LogP contribution in [0.15, 0.2) is 41.7 Å². The second-order valence-corrected chi connectivity index (χ2v) is 17.8. The first-order valence-electron chi connectivity index (χ1n) is 20.5. The summed E-state index contributed by atoms with van der Waals surface area (Å²) in [5.74, 6) is 2.90. The summed E-state index contributed by atoms with van der Waals surface area (Å²) in [7, 11) is 0. The number of nitrogens with zero attached hydrogens (tertiary/aromatic N) is 2. The zero-order valence-electron chi connectivity index (χ0n) is 30.8. The highest BCUT2D eigenvalue weighted by Gasteiger charge is 2.91. The van der Waals surface area contributed by atoms with E-state index in [1.165, 1.54) is 57.4 Å². The maximum absolute atomic E-state index is 14.9. The number of carbonyl (C=O) groups excluding carboxylic acids is 2. The molecular weight excluding hydrogens is 622 g/mol. The lowest BCUT2D eigenvalue weighted by atomic mass is 9.31. The van der Waals surface area contributed by atoms with Crippen molar-refractivity contribution in [1.82, 2.24) is 9.80 Å². The summed E-state index contributed by atoms with van der Waals surface area (Å²) in [4.78, 5) is 34.9. The van der Waals surface area contributed by atoms with E-state index in [1.54, 1.807) is 0 Å². The average molecular weight is 682 g/mol.